The van der Waals surface area contributed by atoms with Gasteiger partial charge in [-0.3, -0.25) is 19.0 Å². The molecule has 2 aromatic carbocycles. The summed E-state index contributed by atoms with van der Waals surface area (Å²) in [4.78, 5) is 43.1. The molecular formula is C26H31N3O7. The number of methoxy groups -OCH3 is 2. The van der Waals surface area contributed by atoms with Crippen LogP contribution in [0.4, 0.5) is 0 Å². The van der Waals surface area contributed by atoms with E-state index in [1.165, 1.54) is 30.0 Å². The molecule has 192 valence electrons. The number of rotatable bonds is 12. The maximum Gasteiger partial charge on any atom is 0.306 e. The summed E-state index contributed by atoms with van der Waals surface area (Å²) in [6, 6.07) is 10.7. The Hall–Kier alpha value is -4.08. The number of fused-ring (bicyclic) bond motifs is 1. The summed E-state index contributed by atoms with van der Waals surface area (Å²) in [5, 5.41) is 0.388. The van der Waals surface area contributed by atoms with Crippen LogP contribution in [0.25, 0.3) is 10.9 Å². The van der Waals surface area contributed by atoms with Gasteiger partial charge in [-0.05, 0) is 37.1 Å². The van der Waals surface area contributed by atoms with E-state index in [9.17, 15) is 14.4 Å². The van der Waals surface area contributed by atoms with E-state index in [4.69, 9.17) is 18.9 Å². The van der Waals surface area contributed by atoms with Gasteiger partial charge in [-0.2, -0.15) is 0 Å². The largest absolute Gasteiger partial charge is 0.494 e. The van der Waals surface area contributed by atoms with Gasteiger partial charge in [0, 0.05) is 32.6 Å². The van der Waals surface area contributed by atoms with Gasteiger partial charge in [-0.1, -0.05) is 12.1 Å². The monoisotopic (exact) mass is 497 g/mol. The molecule has 10 heteroatoms. The lowest BCUT2D eigenvalue weighted by Crippen LogP contribution is -2.30. The van der Waals surface area contributed by atoms with Gasteiger partial charge in [0.05, 0.1) is 38.1 Å². The molecule has 0 atom stereocenters. The van der Waals surface area contributed by atoms with E-state index < -0.39 is 5.97 Å². The minimum absolute atomic E-state index is 0.0618. The molecule has 0 radical (unpaired) electrons. The van der Waals surface area contributed by atoms with Crippen LogP contribution >= 0.6 is 0 Å². The van der Waals surface area contributed by atoms with E-state index in [1.54, 1.807) is 19.2 Å². The van der Waals surface area contributed by atoms with Gasteiger partial charge >= 0.3 is 5.97 Å². The second-order valence-corrected chi connectivity index (χ2v) is 8.06. The van der Waals surface area contributed by atoms with Crippen LogP contribution in [-0.4, -0.2) is 60.8 Å². The number of carbonyl (C=O) groups excluding carboxylic acids is 2. The fraction of sp³-hybridized carbons (Fsp3) is 0.385. The highest BCUT2D eigenvalue weighted by molar-refractivity contribution is 5.82. The molecule has 36 heavy (non-hydrogen) atoms. The number of aryl methyl sites for hydroxylation is 1. The predicted molar refractivity (Wildman–Crippen MR) is 133 cm³/mol. The minimum Gasteiger partial charge on any atom is -0.494 e. The third kappa shape index (κ3) is 6.74. The summed E-state index contributed by atoms with van der Waals surface area (Å²) in [6.45, 7) is 2.82. The Kier molecular flexibility index (Phi) is 9.26. The SMILES string of the molecule is CCOc1ccc(CN(C)C(=O)COC(=O)CCCn2cnc3cc(OC)c(OC)cc3c2=O)cc1. The molecule has 0 bridgehead atoms. The highest BCUT2D eigenvalue weighted by Gasteiger charge is 2.14. The highest BCUT2D eigenvalue weighted by atomic mass is 16.5. The van der Waals surface area contributed by atoms with Crippen molar-refractivity contribution in [1.82, 2.24) is 14.5 Å². The summed E-state index contributed by atoms with van der Waals surface area (Å²) < 4.78 is 22.5. The summed E-state index contributed by atoms with van der Waals surface area (Å²) in [6.07, 6.45) is 1.85. The number of hydrogen-bond acceptors (Lipinski definition) is 8. The number of nitrogens with zero attached hydrogens (tertiary/aromatic N) is 3. The third-order valence-electron chi connectivity index (χ3n) is 5.55. The van der Waals surface area contributed by atoms with Gasteiger partial charge in [0.2, 0.25) is 0 Å². The summed E-state index contributed by atoms with van der Waals surface area (Å²) >= 11 is 0. The van der Waals surface area contributed by atoms with Gasteiger partial charge in [0.25, 0.3) is 11.5 Å². The summed E-state index contributed by atoms with van der Waals surface area (Å²) in [5.41, 5.74) is 1.17. The van der Waals surface area contributed by atoms with Crippen molar-refractivity contribution in [3.05, 3.63) is 58.6 Å². The molecule has 3 aromatic rings. The second kappa shape index (κ2) is 12.6. The Bertz CT molecular complexity index is 1250. The van der Waals surface area contributed by atoms with Gasteiger partial charge in [0.1, 0.15) is 5.75 Å². The van der Waals surface area contributed by atoms with Crippen LogP contribution in [0, 0.1) is 0 Å². The van der Waals surface area contributed by atoms with E-state index >= 15 is 0 Å². The molecule has 0 saturated carbocycles. The summed E-state index contributed by atoms with van der Waals surface area (Å²) in [5.74, 6) is 0.868. The molecule has 0 spiro atoms. The lowest BCUT2D eigenvalue weighted by molar-refractivity contribution is -0.151. The first-order chi connectivity index (χ1) is 17.4. The molecule has 10 nitrogen and oxygen atoms in total. The zero-order valence-corrected chi connectivity index (χ0v) is 21.0. The predicted octanol–water partition coefficient (Wildman–Crippen LogP) is 2.79. The molecule has 0 N–H and O–H groups in total. The minimum atomic E-state index is -0.508. The third-order valence-corrected chi connectivity index (χ3v) is 5.55. The average molecular weight is 498 g/mol. The number of amides is 1. The molecule has 0 fully saturated rings. The van der Waals surface area contributed by atoms with Crippen LogP contribution in [0.1, 0.15) is 25.3 Å². The Balaban J connectivity index is 1.47. The Morgan fingerprint density at radius 3 is 2.42 bits per heavy atom. The van der Waals surface area contributed by atoms with Gasteiger partial charge in [-0.25, -0.2) is 4.98 Å². The molecule has 0 aliphatic rings. The number of hydrogen-bond donors (Lipinski definition) is 0. The lowest BCUT2D eigenvalue weighted by atomic mass is 10.2. The fourth-order valence-electron chi connectivity index (χ4n) is 3.58. The van der Waals surface area contributed by atoms with Crippen molar-refractivity contribution in [2.75, 3.05) is 34.5 Å². The number of aromatic nitrogens is 2. The van der Waals surface area contributed by atoms with Crippen molar-refractivity contribution in [2.45, 2.75) is 32.9 Å². The molecule has 0 saturated heterocycles. The van der Waals surface area contributed by atoms with Crippen LogP contribution < -0.4 is 19.8 Å². The maximum absolute atomic E-state index is 12.8. The zero-order valence-electron chi connectivity index (χ0n) is 21.0. The van der Waals surface area contributed by atoms with E-state index in [2.05, 4.69) is 4.98 Å². The molecule has 0 unspecified atom stereocenters. The second-order valence-electron chi connectivity index (χ2n) is 8.06. The van der Waals surface area contributed by atoms with Crippen LogP contribution in [0.15, 0.2) is 47.5 Å². The molecule has 0 aliphatic carbocycles. The van der Waals surface area contributed by atoms with Crippen molar-refractivity contribution in [3.63, 3.8) is 0 Å². The van der Waals surface area contributed by atoms with E-state index in [1.807, 2.05) is 31.2 Å². The maximum atomic E-state index is 12.8. The number of likely N-dealkylation sites (N-methyl/N-ethyl adjacent to an activating group) is 1. The van der Waals surface area contributed by atoms with Crippen LogP contribution in [0.3, 0.4) is 0 Å². The molecule has 1 amide bonds. The van der Waals surface area contributed by atoms with Crippen molar-refractivity contribution in [3.8, 4) is 17.2 Å². The molecule has 1 aromatic heterocycles. The van der Waals surface area contributed by atoms with Gasteiger partial charge < -0.3 is 23.8 Å². The van der Waals surface area contributed by atoms with Gasteiger partial charge in [0.15, 0.2) is 18.1 Å². The first-order valence-corrected chi connectivity index (χ1v) is 11.6. The van der Waals surface area contributed by atoms with E-state index in [-0.39, 0.29) is 31.0 Å². The standard InChI is InChI=1S/C26H31N3O7/c1-5-35-19-10-8-18(9-11-19)15-28(2)24(30)16-36-25(31)7-6-12-29-17-27-21-14-23(34-4)22(33-3)13-20(21)26(29)32/h8-11,13-14,17H,5-7,12,15-16H2,1-4H3. The van der Waals surface area contributed by atoms with Gasteiger partial charge in [-0.15, -0.1) is 0 Å². The zero-order chi connectivity index (χ0) is 26.1. The van der Waals surface area contributed by atoms with Crippen LogP contribution in [0.2, 0.25) is 0 Å². The smallest absolute Gasteiger partial charge is 0.306 e. The van der Waals surface area contributed by atoms with Crippen LogP contribution in [0.5, 0.6) is 17.2 Å². The topological polar surface area (TPSA) is 109 Å². The number of benzene rings is 2. The number of esters is 1. The molecule has 1 heterocycles. The Labute approximate surface area is 209 Å². The van der Waals surface area contributed by atoms with Crippen molar-refractivity contribution < 1.29 is 28.5 Å². The Morgan fingerprint density at radius 1 is 1.06 bits per heavy atom. The van der Waals surface area contributed by atoms with Crippen molar-refractivity contribution in [1.29, 1.82) is 0 Å². The fourth-order valence-corrected chi connectivity index (χ4v) is 3.58. The molecule has 3 rings (SSSR count). The van der Waals surface area contributed by atoms with Crippen LogP contribution in [-0.2, 0) is 27.4 Å². The molecule has 0 aliphatic heterocycles. The van der Waals surface area contributed by atoms with E-state index in [0.29, 0.717) is 42.0 Å². The molecular weight excluding hydrogens is 466 g/mol. The summed E-state index contributed by atoms with van der Waals surface area (Å²) in [7, 11) is 4.65. The van der Waals surface area contributed by atoms with Crippen molar-refractivity contribution in [2.24, 2.45) is 0 Å². The first-order valence-electron chi connectivity index (χ1n) is 11.6. The average Bonchev–Trinajstić information content (AvgIpc) is 2.89. The Morgan fingerprint density at radius 2 is 1.75 bits per heavy atom. The normalized spacial score (nSPS) is 10.7. The van der Waals surface area contributed by atoms with E-state index in [0.717, 1.165) is 11.3 Å². The first kappa shape index (κ1) is 26.5. The highest BCUT2D eigenvalue weighted by Crippen LogP contribution is 2.29. The number of carbonyl (C=O) groups is 2. The van der Waals surface area contributed by atoms with Crippen molar-refractivity contribution >= 4 is 22.8 Å². The lowest BCUT2D eigenvalue weighted by Gasteiger charge is -2.17. The number of ether oxygens (including phenoxy) is 4. The quantitative estimate of drug-likeness (QED) is 0.352.